The van der Waals surface area contributed by atoms with Crippen LogP contribution < -0.4 is 0 Å². The van der Waals surface area contributed by atoms with Gasteiger partial charge in [0.15, 0.2) is 0 Å². The van der Waals surface area contributed by atoms with Gasteiger partial charge in [0.2, 0.25) is 5.91 Å². The van der Waals surface area contributed by atoms with Crippen molar-refractivity contribution in [3.8, 4) is 11.3 Å². The lowest BCUT2D eigenvalue weighted by Gasteiger charge is -2.09. The van der Waals surface area contributed by atoms with Crippen LogP contribution in [-0.4, -0.2) is 34.7 Å². The molecule has 0 fully saturated rings. The molecule has 4 nitrogen and oxygen atoms in total. The smallest absolute Gasteiger partial charge is 0.243 e. The first-order valence-electron chi connectivity index (χ1n) is 5.46. The van der Waals surface area contributed by atoms with Crippen molar-refractivity contribution >= 4 is 5.91 Å². The van der Waals surface area contributed by atoms with Crippen LogP contribution in [-0.2, 0) is 11.3 Å². The molecule has 1 heterocycles. The zero-order valence-electron chi connectivity index (χ0n) is 10.00. The molecule has 88 valence electrons. The lowest BCUT2D eigenvalue weighted by molar-refractivity contribution is -0.129. The molecule has 17 heavy (non-hydrogen) atoms. The van der Waals surface area contributed by atoms with Crippen molar-refractivity contribution in [2.75, 3.05) is 14.1 Å². The molecule has 0 aliphatic rings. The molecule has 2 rings (SSSR count). The Labute approximate surface area is 100 Å². The van der Waals surface area contributed by atoms with Crippen LogP contribution in [0.5, 0.6) is 0 Å². The SMILES string of the molecule is CN(C)C(=O)Cn1ccc(-c2ccccc2)n1. The number of likely N-dealkylation sites (N-methyl/N-ethyl adjacent to an activating group) is 1. The van der Waals surface area contributed by atoms with Crippen LogP contribution >= 0.6 is 0 Å². The molecular weight excluding hydrogens is 214 g/mol. The van der Waals surface area contributed by atoms with E-state index < -0.39 is 0 Å². The van der Waals surface area contributed by atoms with Crippen molar-refractivity contribution in [1.29, 1.82) is 0 Å². The number of hydrogen-bond donors (Lipinski definition) is 0. The van der Waals surface area contributed by atoms with Gasteiger partial charge < -0.3 is 4.90 Å². The first-order chi connectivity index (χ1) is 8.16. The highest BCUT2D eigenvalue weighted by Gasteiger charge is 2.07. The molecule has 0 unspecified atom stereocenters. The molecule has 0 spiro atoms. The summed E-state index contributed by atoms with van der Waals surface area (Å²) in [6.07, 6.45) is 1.82. The summed E-state index contributed by atoms with van der Waals surface area (Å²) in [5.41, 5.74) is 1.95. The summed E-state index contributed by atoms with van der Waals surface area (Å²) in [6.45, 7) is 0.278. The second-order valence-electron chi connectivity index (χ2n) is 4.05. The number of carbonyl (C=O) groups excluding carboxylic acids is 1. The topological polar surface area (TPSA) is 38.1 Å². The van der Waals surface area contributed by atoms with E-state index in [-0.39, 0.29) is 12.5 Å². The largest absolute Gasteiger partial charge is 0.347 e. The van der Waals surface area contributed by atoms with Gasteiger partial charge in [0.05, 0.1) is 5.69 Å². The Kier molecular flexibility index (Phi) is 3.23. The molecule has 4 heteroatoms. The number of carbonyl (C=O) groups is 1. The molecule has 0 bridgehead atoms. The first kappa shape index (κ1) is 11.4. The van der Waals surface area contributed by atoms with Crippen molar-refractivity contribution in [2.24, 2.45) is 0 Å². The maximum absolute atomic E-state index is 11.5. The van der Waals surface area contributed by atoms with Gasteiger partial charge in [-0.1, -0.05) is 30.3 Å². The van der Waals surface area contributed by atoms with Crippen LogP contribution in [0.1, 0.15) is 0 Å². The third-order valence-corrected chi connectivity index (χ3v) is 2.51. The second-order valence-corrected chi connectivity index (χ2v) is 4.05. The van der Waals surface area contributed by atoms with E-state index in [1.54, 1.807) is 23.7 Å². The Balaban J connectivity index is 2.14. The Morgan fingerprint density at radius 2 is 1.94 bits per heavy atom. The molecule has 0 saturated heterocycles. The number of nitrogens with zero attached hydrogens (tertiary/aromatic N) is 3. The van der Waals surface area contributed by atoms with Gasteiger partial charge in [-0.25, -0.2) is 0 Å². The summed E-state index contributed by atoms with van der Waals surface area (Å²) in [5, 5.41) is 4.37. The van der Waals surface area contributed by atoms with Crippen molar-refractivity contribution < 1.29 is 4.79 Å². The Morgan fingerprint density at radius 3 is 2.59 bits per heavy atom. The number of aromatic nitrogens is 2. The quantitative estimate of drug-likeness (QED) is 0.802. The fourth-order valence-corrected chi connectivity index (χ4v) is 1.49. The first-order valence-corrected chi connectivity index (χ1v) is 5.46. The maximum atomic E-state index is 11.5. The Bertz CT molecular complexity index is 502. The van der Waals surface area contributed by atoms with E-state index in [2.05, 4.69) is 5.10 Å². The van der Waals surface area contributed by atoms with Gasteiger partial charge in [-0.15, -0.1) is 0 Å². The Morgan fingerprint density at radius 1 is 1.24 bits per heavy atom. The molecule has 1 aromatic carbocycles. The van der Waals surface area contributed by atoms with E-state index in [4.69, 9.17) is 0 Å². The molecule has 0 aliphatic heterocycles. The molecular formula is C13H15N3O. The lowest BCUT2D eigenvalue weighted by Crippen LogP contribution is -2.26. The van der Waals surface area contributed by atoms with Gasteiger partial charge in [-0.2, -0.15) is 5.10 Å². The van der Waals surface area contributed by atoms with Crippen LogP contribution in [0.3, 0.4) is 0 Å². The van der Waals surface area contributed by atoms with Crippen LogP contribution in [0, 0.1) is 0 Å². The van der Waals surface area contributed by atoms with E-state index in [1.165, 1.54) is 0 Å². The Hall–Kier alpha value is -2.10. The highest BCUT2D eigenvalue weighted by Crippen LogP contribution is 2.15. The molecule has 0 atom stereocenters. The van der Waals surface area contributed by atoms with Crippen molar-refractivity contribution in [2.45, 2.75) is 6.54 Å². The van der Waals surface area contributed by atoms with Crippen LogP contribution in [0.15, 0.2) is 42.6 Å². The number of benzene rings is 1. The van der Waals surface area contributed by atoms with Gasteiger partial charge in [-0.3, -0.25) is 9.48 Å². The predicted molar refractivity (Wildman–Crippen MR) is 66.4 cm³/mol. The molecule has 0 radical (unpaired) electrons. The summed E-state index contributed by atoms with van der Waals surface area (Å²) >= 11 is 0. The summed E-state index contributed by atoms with van der Waals surface area (Å²) in [5.74, 6) is 0.0349. The van der Waals surface area contributed by atoms with Crippen molar-refractivity contribution in [3.05, 3.63) is 42.6 Å². The standard InChI is InChI=1S/C13H15N3O/c1-15(2)13(17)10-16-9-8-12(14-16)11-6-4-3-5-7-11/h3-9H,10H2,1-2H3. The van der Waals surface area contributed by atoms with E-state index in [1.807, 2.05) is 42.6 Å². The summed E-state index contributed by atoms with van der Waals surface area (Å²) < 4.78 is 1.66. The molecule has 2 aromatic rings. The van der Waals surface area contributed by atoms with Gasteiger partial charge in [0, 0.05) is 25.9 Å². The second kappa shape index (κ2) is 4.82. The van der Waals surface area contributed by atoms with E-state index in [0.29, 0.717) is 0 Å². The van der Waals surface area contributed by atoms with Crippen molar-refractivity contribution in [3.63, 3.8) is 0 Å². The minimum Gasteiger partial charge on any atom is -0.347 e. The zero-order chi connectivity index (χ0) is 12.3. The van der Waals surface area contributed by atoms with E-state index in [0.717, 1.165) is 11.3 Å². The lowest BCUT2D eigenvalue weighted by atomic mass is 10.2. The summed E-state index contributed by atoms with van der Waals surface area (Å²) in [7, 11) is 3.48. The molecule has 0 N–H and O–H groups in total. The van der Waals surface area contributed by atoms with Crippen LogP contribution in [0.2, 0.25) is 0 Å². The van der Waals surface area contributed by atoms with Gasteiger partial charge in [0.25, 0.3) is 0 Å². The van der Waals surface area contributed by atoms with Crippen LogP contribution in [0.4, 0.5) is 0 Å². The molecule has 1 aromatic heterocycles. The normalized spacial score (nSPS) is 10.2. The van der Waals surface area contributed by atoms with Gasteiger partial charge >= 0.3 is 0 Å². The summed E-state index contributed by atoms with van der Waals surface area (Å²) in [4.78, 5) is 13.1. The highest BCUT2D eigenvalue weighted by atomic mass is 16.2. The average Bonchev–Trinajstić information content (AvgIpc) is 2.78. The maximum Gasteiger partial charge on any atom is 0.243 e. The third-order valence-electron chi connectivity index (χ3n) is 2.51. The van der Waals surface area contributed by atoms with Gasteiger partial charge in [-0.05, 0) is 6.07 Å². The minimum absolute atomic E-state index is 0.0349. The fourth-order valence-electron chi connectivity index (χ4n) is 1.49. The van der Waals surface area contributed by atoms with Crippen LogP contribution in [0.25, 0.3) is 11.3 Å². The zero-order valence-corrected chi connectivity index (χ0v) is 10.00. The van der Waals surface area contributed by atoms with E-state index in [9.17, 15) is 4.79 Å². The fraction of sp³-hybridized carbons (Fsp3) is 0.231. The van der Waals surface area contributed by atoms with Crippen molar-refractivity contribution in [1.82, 2.24) is 14.7 Å². The monoisotopic (exact) mass is 229 g/mol. The molecule has 0 saturated carbocycles. The minimum atomic E-state index is 0.0349. The summed E-state index contributed by atoms with van der Waals surface area (Å²) in [6, 6.07) is 11.8. The average molecular weight is 229 g/mol. The number of amides is 1. The number of rotatable bonds is 3. The predicted octanol–water partition coefficient (Wildman–Crippen LogP) is 1.64. The number of hydrogen-bond acceptors (Lipinski definition) is 2. The van der Waals surface area contributed by atoms with Gasteiger partial charge in [0.1, 0.15) is 6.54 Å². The third kappa shape index (κ3) is 2.72. The molecule has 0 aliphatic carbocycles. The highest BCUT2D eigenvalue weighted by molar-refractivity contribution is 5.75. The molecule has 1 amide bonds. The van der Waals surface area contributed by atoms with E-state index >= 15 is 0 Å².